The Kier molecular flexibility index (Phi) is 6.20. The predicted molar refractivity (Wildman–Crippen MR) is 99.4 cm³/mol. The van der Waals surface area contributed by atoms with E-state index in [9.17, 15) is 0 Å². The number of benzene rings is 1. The molecule has 1 aromatic carbocycles. The van der Waals surface area contributed by atoms with Crippen LogP contribution in [-0.4, -0.2) is 9.78 Å². The summed E-state index contributed by atoms with van der Waals surface area (Å²) in [6, 6.07) is 8.92. The van der Waals surface area contributed by atoms with Crippen molar-refractivity contribution in [3.05, 3.63) is 59.4 Å². The van der Waals surface area contributed by atoms with Crippen LogP contribution in [0.4, 0.5) is 0 Å². The fraction of sp³-hybridized carbons (Fsp3) is 0.476. The van der Waals surface area contributed by atoms with E-state index in [1.54, 1.807) is 0 Å². The smallest absolute Gasteiger partial charge is 0.0682 e. The average molecular weight is 310 g/mol. The molecule has 0 spiro atoms. The molecule has 124 valence electrons. The van der Waals surface area contributed by atoms with E-state index < -0.39 is 0 Å². The molecule has 2 heteroatoms. The molecule has 1 heterocycles. The Balaban J connectivity index is 2.15. The van der Waals surface area contributed by atoms with Crippen molar-refractivity contribution < 1.29 is 0 Å². The van der Waals surface area contributed by atoms with Gasteiger partial charge >= 0.3 is 0 Å². The van der Waals surface area contributed by atoms with E-state index >= 15 is 0 Å². The third-order valence-corrected chi connectivity index (χ3v) is 4.29. The Morgan fingerprint density at radius 3 is 2.61 bits per heavy atom. The van der Waals surface area contributed by atoms with Gasteiger partial charge in [-0.3, -0.25) is 0 Å². The fourth-order valence-corrected chi connectivity index (χ4v) is 3.00. The minimum Gasteiger partial charge on any atom is -0.240 e. The normalized spacial score (nSPS) is 11.2. The molecular formula is C21H30N2. The number of aromatic nitrogens is 2. The zero-order valence-corrected chi connectivity index (χ0v) is 15.1. The van der Waals surface area contributed by atoms with Gasteiger partial charge in [-0.15, -0.1) is 0 Å². The van der Waals surface area contributed by atoms with Crippen LogP contribution in [0.2, 0.25) is 0 Å². The highest BCUT2D eigenvalue weighted by Crippen LogP contribution is 2.25. The van der Waals surface area contributed by atoms with Crippen LogP contribution in [0.25, 0.3) is 5.69 Å². The number of hydrogen-bond donors (Lipinski definition) is 0. The van der Waals surface area contributed by atoms with Gasteiger partial charge in [0.1, 0.15) is 0 Å². The lowest BCUT2D eigenvalue weighted by molar-refractivity contribution is 0.756. The third-order valence-electron chi connectivity index (χ3n) is 4.29. The van der Waals surface area contributed by atoms with Crippen molar-refractivity contribution in [3.63, 3.8) is 0 Å². The summed E-state index contributed by atoms with van der Waals surface area (Å²) in [6.07, 6.45) is 7.83. The van der Waals surface area contributed by atoms with Gasteiger partial charge < -0.3 is 0 Å². The summed E-state index contributed by atoms with van der Waals surface area (Å²) in [5.74, 6) is 0.493. The van der Waals surface area contributed by atoms with E-state index in [0.717, 1.165) is 25.0 Å². The second kappa shape index (κ2) is 8.14. The van der Waals surface area contributed by atoms with Gasteiger partial charge in [-0.2, -0.15) is 5.10 Å². The van der Waals surface area contributed by atoms with Gasteiger partial charge in [0, 0.05) is 6.20 Å². The van der Waals surface area contributed by atoms with Gasteiger partial charge in [0.05, 0.1) is 11.4 Å². The zero-order chi connectivity index (χ0) is 16.8. The van der Waals surface area contributed by atoms with Crippen LogP contribution in [0.5, 0.6) is 0 Å². The van der Waals surface area contributed by atoms with Crippen LogP contribution >= 0.6 is 0 Å². The topological polar surface area (TPSA) is 17.8 Å². The van der Waals surface area contributed by atoms with Crippen molar-refractivity contribution >= 4 is 0 Å². The molecule has 0 unspecified atom stereocenters. The number of allylic oxidation sites excluding steroid dienone is 1. The Morgan fingerprint density at radius 2 is 2.00 bits per heavy atom. The van der Waals surface area contributed by atoms with E-state index in [4.69, 9.17) is 0 Å². The number of aryl methyl sites for hydroxylation is 2. The molecule has 2 aromatic rings. The summed E-state index contributed by atoms with van der Waals surface area (Å²) in [5, 5.41) is 4.60. The van der Waals surface area contributed by atoms with Crippen LogP contribution in [0, 0.1) is 6.92 Å². The molecule has 0 N–H and O–H groups in total. The van der Waals surface area contributed by atoms with Crippen molar-refractivity contribution in [2.45, 2.75) is 65.7 Å². The minimum absolute atomic E-state index is 0.493. The van der Waals surface area contributed by atoms with Gasteiger partial charge in [0.25, 0.3) is 0 Å². The molecule has 0 fully saturated rings. The molecular weight excluding hydrogens is 280 g/mol. The Morgan fingerprint density at radius 1 is 1.22 bits per heavy atom. The van der Waals surface area contributed by atoms with E-state index in [0.29, 0.717) is 5.92 Å². The highest BCUT2D eigenvalue weighted by molar-refractivity contribution is 5.45. The Hall–Kier alpha value is -1.83. The number of rotatable bonds is 8. The monoisotopic (exact) mass is 310 g/mol. The van der Waals surface area contributed by atoms with Gasteiger partial charge in [-0.05, 0) is 61.8 Å². The second-order valence-corrected chi connectivity index (χ2v) is 6.80. The lowest BCUT2D eigenvalue weighted by atomic mass is 9.96. The lowest BCUT2D eigenvalue weighted by Gasteiger charge is -2.15. The SMILES string of the molecule is C=C(CCC)CCCc1ccc(C(C)C)c(-n2ccc(C)n2)c1. The van der Waals surface area contributed by atoms with Crippen molar-refractivity contribution in [3.8, 4) is 5.69 Å². The average Bonchev–Trinajstić information content (AvgIpc) is 2.93. The molecule has 0 amide bonds. The molecule has 0 radical (unpaired) electrons. The van der Waals surface area contributed by atoms with Gasteiger partial charge in [-0.1, -0.05) is 51.5 Å². The highest BCUT2D eigenvalue weighted by atomic mass is 15.3. The fourth-order valence-electron chi connectivity index (χ4n) is 3.00. The summed E-state index contributed by atoms with van der Waals surface area (Å²) < 4.78 is 2.02. The van der Waals surface area contributed by atoms with Crippen LogP contribution in [0.3, 0.4) is 0 Å². The first kappa shape index (κ1) is 17.5. The predicted octanol–water partition coefficient (Wildman–Crippen LogP) is 5.98. The van der Waals surface area contributed by atoms with Crippen molar-refractivity contribution in [1.29, 1.82) is 0 Å². The first-order valence-corrected chi connectivity index (χ1v) is 8.83. The molecule has 2 nitrogen and oxygen atoms in total. The first-order valence-electron chi connectivity index (χ1n) is 8.83. The summed E-state index contributed by atoms with van der Waals surface area (Å²) >= 11 is 0. The van der Waals surface area contributed by atoms with Crippen LogP contribution in [-0.2, 0) is 6.42 Å². The number of nitrogens with zero attached hydrogens (tertiary/aromatic N) is 2. The largest absolute Gasteiger partial charge is 0.240 e. The maximum absolute atomic E-state index is 4.60. The van der Waals surface area contributed by atoms with Crippen molar-refractivity contribution in [2.24, 2.45) is 0 Å². The van der Waals surface area contributed by atoms with Gasteiger partial charge in [0.15, 0.2) is 0 Å². The molecule has 0 saturated carbocycles. The van der Waals surface area contributed by atoms with Crippen LogP contribution in [0.15, 0.2) is 42.6 Å². The summed E-state index contributed by atoms with van der Waals surface area (Å²) in [5.41, 5.74) is 6.40. The molecule has 0 bridgehead atoms. The maximum Gasteiger partial charge on any atom is 0.0682 e. The van der Waals surface area contributed by atoms with Crippen LogP contribution < -0.4 is 0 Å². The second-order valence-electron chi connectivity index (χ2n) is 6.80. The Bertz CT molecular complexity index is 650. The standard InChI is InChI=1S/C21H30N2/c1-6-8-17(4)9-7-10-19-11-12-20(16(2)3)21(15-19)23-14-13-18(5)22-23/h11-16H,4,6-10H2,1-3,5H3. The summed E-state index contributed by atoms with van der Waals surface area (Å²) in [7, 11) is 0. The summed E-state index contributed by atoms with van der Waals surface area (Å²) in [4.78, 5) is 0. The quantitative estimate of drug-likeness (QED) is 0.548. The summed E-state index contributed by atoms with van der Waals surface area (Å²) in [6.45, 7) is 12.9. The van der Waals surface area contributed by atoms with Gasteiger partial charge in [-0.25, -0.2) is 4.68 Å². The van der Waals surface area contributed by atoms with Crippen molar-refractivity contribution in [1.82, 2.24) is 9.78 Å². The molecule has 23 heavy (non-hydrogen) atoms. The van der Waals surface area contributed by atoms with Crippen molar-refractivity contribution in [2.75, 3.05) is 0 Å². The molecule has 1 aromatic heterocycles. The van der Waals surface area contributed by atoms with Gasteiger partial charge in [0.2, 0.25) is 0 Å². The molecule has 0 atom stereocenters. The van der Waals surface area contributed by atoms with E-state index in [-0.39, 0.29) is 0 Å². The number of hydrogen-bond acceptors (Lipinski definition) is 1. The van der Waals surface area contributed by atoms with E-state index in [1.165, 1.54) is 35.2 Å². The molecule has 0 aliphatic heterocycles. The molecule has 0 aliphatic rings. The third kappa shape index (κ3) is 4.82. The molecule has 0 aliphatic carbocycles. The highest BCUT2D eigenvalue weighted by Gasteiger charge is 2.10. The molecule has 0 saturated heterocycles. The van der Waals surface area contributed by atoms with E-state index in [1.807, 2.05) is 11.6 Å². The molecule has 2 rings (SSSR count). The maximum atomic E-state index is 4.60. The zero-order valence-electron chi connectivity index (χ0n) is 15.1. The minimum atomic E-state index is 0.493. The Labute approximate surface area is 141 Å². The lowest BCUT2D eigenvalue weighted by Crippen LogP contribution is -2.03. The first-order chi connectivity index (χ1) is 11.0. The van der Waals surface area contributed by atoms with E-state index in [2.05, 4.69) is 62.9 Å². The van der Waals surface area contributed by atoms with Crippen LogP contribution in [0.1, 0.15) is 69.2 Å².